The van der Waals surface area contributed by atoms with Gasteiger partial charge in [-0.15, -0.1) is 0 Å². The summed E-state index contributed by atoms with van der Waals surface area (Å²) in [6.45, 7) is 16.6. The topological polar surface area (TPSA) is 78.7 Å². The molecule has 3 fully saturated rings. The van der Waals surface area contributed by atoms with Crippen molar-refractivity contribution in [1.29, 1.82) is 0 Å². The highest BCUT2D eigenvalue weighted by atomic mass is 16.5. The molecule has 4 aliphatic rings. The quantitative estimate of drug-likeness (QED) is 0.0286. The Labute approximate surface area is 428 Å². The maximum absolute atomic E-state index is 13.1. The average molecular weight is 963 g/mol. The van der Waals surface area contributed by atoms with E-state index in [0.717, 1.165) is 127 Å². The van der Waals surface area contributed by atoms with Crippen LogP contribution in [-0.2, 0) is 16.0 Å². The summed E-state index contributed by atoms with van der Waals surface area (Å²) in [5.41, 5.74) is 7.63. The highest BCUT2D eigenvalue weighted by molar-refractivity contribution is 5.69. The Morgan fingerprint density at radius 2 is 1.21 bits per heavy atom. The molecule has 8 rings (SSSR count). The molecule has 0 saturated heterocycles. The standard InChI is InChI=1S/C64H86N2O5/c1-7-8-16-48-18-25-52(26-19-48)65-66-53-27-33-56(34-28-53)70-44-12-11-43-69-55-31-22-50(23-32-55)49-20-29-54(30-21-49)68-42-10-9-17-62(67)71-57-38-40-63(5)51(45-57)24-35-58-60-37-36-59(47(4)15-13-14-46(2)3)64(60,6)41-39-61(58)63/h18-34,46-47,57-61H,7-17,35-45H2,1-6H3/t47-,57+,58+,59-,60+,61+,63+,64-/m1/s1. The number of allylic oxidation sites excluding steroid dienone is 1. The second kappa shape index (κ2) is 25.2. The van der Waals surface area contributed by atoms with E-state index in [1.54, 1.807) is 5.57 Å². The van der Waals surface area contributed by atoms with E-state index in [4.69, 9.17) is 18.9 Å². The smallest absolute Gasteiger partial charge is 0.306 e. The number of aryl methyl sites for hydroxylation is 1. The Balaban J connectivity index is 0.674. The number of carbonyl (C=O) groups is 1. The van der Waals surface area contributed by atoms with Gasteiger partial charge in [0.1, 0.15) is 23.4 Å². The number of esters is 1. The number of azo groups is 1. The fourth-order valence-electron chi connectivity index (χ4n) is 13.5. The van der Waals surface area contributed by atoms with Crippen LogP contribution in [0.25, 0.3) is 11.1 Å². The molecule has 0 amide bonds. The molecule has 71 heavy (non-hydrogen) atoms. The van der Waals surface area contributed by atoms with Gasteiger partial charge in [-0.1, -0.05) is 115 Å². The minimum Gasteiger partial charge on any atom is -0.494 e. The Morgan fingerprint density at radius 1 is 0.634 bits per heavy atom. The third kappa shape index (κ3) is 13.8. The summed E-state index contributed by atoms with van der Waals surface area (Å²) >= 11 is 0. The maximum Gasteiger partial charge on any atom is 0.306 e. The van der Waals surface area contributed by atoms with E-state index in [0.29, 0.717) is 31.7 Å². The second-order valence-corrected chi connectivity index (χ2v) is 22.9. The molecule has 4 aliphatic carbocycles. The Morgan fingerprint density at radius 3 is 1.80 bits per heavy atom. The molecular formula is C64H86N2O5. The minimum absolute atomic E-state index is 0.0232. The van der Waals surface area contributed by atoms with Gasteiger partial charge in [0.25, 0.3) is 0 Å². The van der Waals surface area contributed by atoms with Gasteiger partial charge >= 0.3 is 5.97 Å². The molecule has 3 saturated carbocycles. The van der Waals surface area contributed by atoms with E-state index in [2.05, 4.69) is 94.2 Å². The van der Waals surface area contributed by atoms with Crippen molar-refractivity contribution >= 4 is 17.3 Å². The van der Waals surface area contributed by atoms with E-state index < -0.39 is 0 Å². The van der Waals surface area contributed by atoms with Gasteiger partial charge in [0.2, 0.25) is 0 Å². The second-order valence-electron chi connectivity index (χ2n) is 22.9. The highest BCUT2D eigenvalue weighted by Crippen LogP contribution is 2.67. The number of nitrogens with zero attached hydrogens (tertiary/aromatic N) is 2. The van der Waals surface area contributed by atoms with Crippen LogP contribution in [-0.4, -0.2) is 31.9 Å². The lowest BCUT2D eigenvalue weighted by molar-refractivity contribution is -0.151. The first-order chi connectivity index (χ1) is 34.5. The molecule has 4 aromatic rings. The molecule has 7 nitrogen and oxygen atoms in total. The number of hydrogen-bond acceptors (Lipinski definition) is 7. The summed E-state index contributed by atoms with van der Waals surface area (Å²) in [4.78, 5) is 13.1. The lowest BCUT2D eigenvalue weighted by Gasteiger charge is -2.58. The zero-order chi connectivity index (χ0) is 49.6. The lowest BCUT2D eigenvalue weighted by atomic mass is 9.47. The van der Waals surface area contributed by atoms with Crippen LogP contribution in [0.1, 0.15) is 163 Å². The normalized spacial score (nSPS) is 25.2. The van der Waals surface area contributed by atoms with Crippen LogP contribution < -0.4 is 14.2 Å². The molecule has 0 radical (unpaired) electrons. The molecule has 0 bridgehead atoms. The Hall–Kier alpha value is -4.91. The number of carbonyl (C=O) groups excluding carboxylic acids is 1. The Kier molecular flexibility index (Phi) is 18.6. The minimum atomic E-state index is -0.0512. The average Bonchev–Trinajstić information content (AvgIpc) is 3.74. The van der Waals surface area contributed by atoms with Crippen LogP contribution >= 0.6 is 0 Å². The summed E-state index contributed by atoms with van der Waals surface area (Å²) in [6.07, 6.45) is 24.1. The van der Waals surface area contributed by atoms with Crippen LogP contribution in [0.3, 0.4) is 0 Å². The zero-order valence-corrected chi connectivity index (χ0v) is 44.3. The van der Waals surface area contributed by atoms with Gasteiger partial charge in [0, 0.05) is 12.8 Å². The van der Waals surface area contributed by atoms with Crippen LogP contribution in [0.4, 0.5) is 11.4 Å². The molecule has 8 atom stereocenters. The van der Waals surface area contributed by atoms with Crippen molar-refractivity contribution in [2.45, 2.75) is 170 Å². The predicted octanol–water partition coefficient (Wildman–Crippen LogP) is 17.9. The number of ether oxygens (including phenoxy) is 4. The number of fused-ring (bicyclic) bond motifs is 5. The van der Waals surface area contributed by atoms with Gasteiger partial charge in [-0.2, -0.15) is 10.2 Å². The SMILES string of the molecule is CCCCc1ccc(N=Nc2ccc(OCCCCOc3ccc(-c4ccc(OCCCCC(=O)O[C@H]5CC[C@@]6(C)C(=CC[C@H]7[C@@H]8CC[C@H]([C@H](C)CCCC(C)C)[C@@]8(C)CC[C@@H]76)C5)cc4)cc3)cc2)cc1. The molecule has 4 aromatic carbocycles. The lowest BCUT2D eigenvalue weighted by Crippen LogP contribution is -2.51. The first-order valence-electron chi connectivity index (χ1n) is 28.1. The van der Waals surface area contributed by atoms with E-state index in [1.165, 1.54) is 69.8 Å². The molecule has 0 aliphatic heterocycles. The van der Waals surface area contributed by atoms with Gasteiger partial charge in [0.15, 0.2) is 0 Å². The first-order valence-corrected chi connectivity index (χ1v) is 28.1. The largest absolute Gasteiger partial charge is 0.494 e. The fraction of sp³-hybridized carbons (Fsp3) is 0.578. The molecule has 7 heteroatoms. The van der Waals surface area contributed by atoms with E-state index in [1.807, 2.05) is 60.7 Å². The van der Waals surface area contributed by atoms with Crippen molar-refractivity contribution in [3.8, 4) is 28.4 Å². The van der Waals surface area contributed by atoms with Crippen LogP contribution in [0.15, 0.2) is 119 Å². The first kappa shape index (κ1) is 52.4. The highest BCUT2D eigenvalue weighted by Gasteiger charge is 2.59. The van der Waals surface area contributed by atoms with E-state index in [9.17, 15) is 4.79 Å². The Bertz CT molecular complexity index is 2320. The number of hydrogen-bond donors (Lipinski definition) is 0. The fourth-order valence-corrected chi connectivity index (χ4v) is 13.5. The summed E-state index contributed by atoms with van der Waals surface area (Å²) < 4.78 is 24.2. The number of unbranched alkanes of at least 4 members (excludes halogenated alkanes) is 3. The van der Waals surface area contributed by atoms with Gasteiger partial charge < -0.3 is 18.9 Å². The molecule has 0 aromatic heterocycles. The summed E-state index contributed by atoms with van der Waals surface area (Å²) in [6, 6.07) is 32.6. The van der Waals surface area contributed by atoms with Crippen LogP contribution in [0.2, 0.25) is 0 Å². The monoisotopic (exact) mass is 963 g/mol. The van der Waals surface area contributed by atoms with Crippen molar-refractivity contribution in [2.75, 3.05) is 19.8 Å². The molecular weight excluding hydrogens is 877 g/mol. The van der Waals surface area contributed by atoms with Gasteiger partial charge in [-0.05, 0) is 207 Å². The van der Waals surface area contributed by atoms with Crippen LogP contribution in [0.5, 0.6) is 17.2 Å². The molecule has 0 spiro atoms. The third-order valence-corrected chi connectivity index (χ3v) is 17.6. The third-order valence-electron chi connectivity index (χ3n) is 17.6. The maximum atomic E-state index is 13.1. The van der Waals surface area contributed by atoms with Gasteiger partial charge in [-0.3, -0.25) is 4.79 Å². The van der Waals surface area contributed by atoms with Crippen molar-refractivity contribution in [2.24, 2.45) is 56.6 Å². The van der Waals surface area contributed by atoms with Crippen molar-refractivity contribution in [3.63, 3.8) is 0 Å². The zero-order valence-electron chi connectivity index (χ0n) is 44.3. The van der Waals surface area contributed by atoms with Crippen molar-refractivity contribution in [1.82, 2.24) is 0 Å². The molecule has 0 unspecified atom stereocenters. The van der Waals surface area contributed by atoms with E-state index in [-0.39, 0.29) is 17.5 Å². The number of rotatable bonds is 25. The van der Waals surface area contributed by atoms with Crippen molar-refractivity contribution in [3.05, 3.63) is 114 Å². The van der Waals surface area contributed by atoms with Crippen LogP contribution in [0, 0.1) is 46.3 Å². The molecule has 0 heterocycles. The van der Waals surface area contributed by atoms with Gasteiger partial charge in [-0.25, -0.2) is 0 Å². The number of benzene rings is 4. The van der Waals surface area contributed by atoms with Crippen molar-refractivity contribution < 1.29 is 23.7 Å². The molecule has 382 valence electrons. The summed E-state index contributed by atoms with van der Waals surface area (Å²) in [5, 5.41) is 8.76. The molecule has 0 N–H and O–H groups in total. The predicted molar refractivity (Wildman–Crippen MR) is 290 cm³/mol. The van der Waals surface area contributed by atoms with E-state index >= 15 is 0 Å². The summed E-state index contributed by atoms with van der Waals surface area (Å²) in [7, 11) is 0. The van der Waals surface area contributed by atoms with Gasteiger partial charge in [0.05, 0.1) is 31.2 Å². The summed E-state index contributed by atoms with van der Waals surface area (Å²) in [5.74, 6) is 7.52.